The topological polar surface area (TPSA) is 56.5 Å². The van der Waals surface area contributed by atoms with Gasteiger partial charge in [-0.2, -0.15) is 0 Å². The molecule has 4 heteroatoms. The zero-order chi connectivity index (χ0) is 12.7. The van der Waals surface area contributed by atoms with Crippen molar-refractivity contribution in [3.05, 3.63) is 0 Å². The normalized spacial score (nSPS) is 31.4. The lowest BCUT2D eigenvalue weighted by atomic mass is 9.73. The van der Waals surface area contributed by atoms with Gasteiger partial charge in [-0.1, -0.05) is 20.3 Å². The summed E-state index contributed by atoms with van der Waals surface area (Å²) in [5.41, 5.74) is 2.92. The lowest BCUT2D eigenvalue weighted by Crippen LogP contribution is -2.46. The summed E-state index contributed by atoms with van der Waals surface area (Å²) < 4.78 is 10.5. The fourth-order valence-electron chi connectivity index (χ4n) is 2.63. The SMILES string of the molecule is COCCOCC(NN)C1CCC(C)C(C)C1. The Kier molecular flexibility index (Phi) is 7.04. The average Bonchev–Trinajstić information content (AvgIpc) is 2.33. The van der Waals surface area contributed by atoms with Crippen molar-refractivity contribution in [1.29, 1.82) is 0 Å². The van der Waals surface area contributed by atoms with Crippen molar-refractivity contribution in [2.45, 2.75) is 39.2 Å². The zero-order valence-electron chi connectivity index (χ0n) is 11.4. The summed E-state index contributed by atoms with van der Waals surface area (Å²) in [4.78, 5) is 0. The third kappa shape index (κ3) is 4.92. The summed E-state index contributed by atoms with van der Waals surface area (Å²) >= 11 is 0. The van der Waals surface area contributed by atoms with E-state index in [2.05, 4.69) is 19.3 Å². The molecule has 1 saturated carbocycles. The summed E-state index contributed by atoms with van der Waals surface area (Å²) in [6.07, 6.45) is 3.82. The van der Waals surface area contributed by atoms with E-state index in [9.17, 15) is 0 Å². The molecule has 0 amide bonds. The molecule has 4 unspecified atom stereocenters. The summed E-state index contributed by atoms with van der Waals surface area (Å²) in [6.45, 7) is 6.67. The summed E-state index contributed by atoms with van der Waals surface area (Å²) in [6, 6.07) is 0.279. The molecule has 1 aliphatic rings. The van der Waals surface area contributed by atoms with Crippen LogP contribution in [0.2, 0.25) is 0 Å². The third-order valence-corrected chi connectivity index (χ3v) is 4.15. The number of hydrogen-bond donors (Lipinski definition) is 2. The molecule has 0 radical (unpaired) electrons. The van der Waals surface area contributed by atoms with Crippen LogP contribution in [0.15, 0.2) is 0 Å². The van der Waals surface area contributed by atoms with Gasteiger partial charge < -0.3 is 9.47 Å². The van der Waals surface area contributed by atoms with Gasteiger partial charge in [-0.05, 0) is 30.6 Å². The van der Waals surface area contributed by atoms with E-state index in [1.165, 1.54) is 19.3 Å². The molecule has 3 N–H and O–H groups in total. The maximum Gasteiger partial charge on any atom is 0.0701 e. The van der Waals surface area contributed by atoms with Crippen molar-refractivity contribution >= 4 is 0 Å². The van der Waals surface area contributed by atoms with E-state index in [1.54, 1.807) is 7.11 Å². The molecule has 0 aromatic heterocycles. The predicted molar refractivity (Wildman–Crippen MR) is 69.5 cm³/mol. The zero-order valence-corrected chi connectivity index (χ0v) is 11.4. The molecule has 0 heterocycles. The standard InChI is InChI=1S/C13H28N2O2/c1-10-4-5-12(8-11(10)2)13(15-14)9-17-7-6-16-3/h10-13,15H,4-9,14H2,1-3H3. The largest absolute Gasteiger partial charge is 0.382 e. The molecule has 0 spiro atoms. The number of ether oxygens (including phenoxy) is 2. The molecule has 0 aromatic carbocycles. The van der Waals surface area contributed by atoms with Crippen molar-refractivity contribution in [2.24, 2.45) is 23.6 Å². The van der Waals surface area contributed by atoms with Gasteiger partial charge in [0.2, 0.25) is 0 Å². The van der Waals surface area contributed by atoms with Gasteiger partial charge in [0.1, 0.15) is 0 Å². The maximum absolute atomic E-state index is 5.64. The molecule has 0 saturated heterocycles. The number of hydrogen-bond acceptors (Lipinski definition) is 4. The van der Waals surface area contributed by atoms with E-state index in [4.69, 9.17) is 15.3 Å². The minimum Gasteiger partial charge on any atom is -0.382 e. The molecule has 17 heavy (non-hydrogen) atoms. The Morgan fingerprint density at radius 2 is 2.00 bits per heavy atom. The molecule has 4 atom stereocenters. The van der Waals surface area contributed by atoms with Crippen LogP contribution in [0.1, 0.15) is 33.1 Å². The fourth-order valence-corrected chi connectivity index (χ4v) is 2.63. The van der Waals surface area contributed by atoms with E-state index < -0.39 is 0 Å². The van der Waals surface area contributed by atoms with Gasteiger partial charge in [0.25, 0.3) is 0 Å². The molecule has 102 valence electrons. The molecule has 0 bridgehead atoms. The highest BCUT2D eigenvalue weighted by atomic mass is 16.5. The lowest BCUT2D eigenvalue weighted by Gasteiger charge is -2.36. The second kappa shape index (κ2) is 8.03. The lowest BCUT2D eigenvalue weighted by molar-refractivity contribution is 0.0387. The number of nitrogens with one attached hydrogen (secondary N) is 1. The van der Waals surface area contributed by atoms with Crippen molar-refractivity contribution in [3.8, 4) is 0 Å². The number of methoxy groups -OCH3 is 1. The molecule has 4 nitrogen and oxygen atoms in total. The first-order chi connectivity index (χ1) is 8.19. The van der Waals surface area contributed by atoms with Crippen LogP contribution in [-0.4, -0.2) is 33.0 Å². The van der Waals surface area contributed by atoms with Crippen LogP contribution >= 0.6 is 0 Å². The van der Waals surface area contributed by atoms with Gasteiger partial charge in [0.05, 0.1) is 19.8 Å². The van der Waals surface area contributed by atoms with E-state index in [0.29, 0.717) is 25.7 Å². The molecule has 0 aromatic rings. The quantitative estimate of drug-likeness (QED) is 0.405. The number of hydrazine groups is 1. The van der Waals surface area contributed by atoms with Crippen molar-refractivity contribution in [1.82, 2.24) is 5.43 Å². The van der Waals surface area contributed by atoms with Crippen molar-refractivity contribution in [3.63, 3.8) is 0 Å². The van der Waals surface area contributed by atoms with Crippen molar-refractivity contribution < 1.29 is 9.47 Å². The Hall–Kier alpha value is -0.160. The Balaban J connectivity index is 2.29. The molecule has 1 rings (SSSR count). The van der Waals surface area contributed by atoms with Crippen LogP contribution in [0, 0.1) is 17.8 Å². The highest BCUT2D eigenvalue weighted by Crippen LogP contribution is 2.34. The fraction of sp³-hybridized carbons (Fsp3) is 1.00. The van der Waals surface area contributed by atoms with Crippen LogP contribution in [-0.2, 0) is 9.47 Å². The molecular weight excluding hydrogens is 216 g/mol. The van der Waals surface area contributed by atoms with Crippen LogP contribution in [0.3, 0.4) is 0 Å². The Bertz CT molecular complexity index is 202. The first kappa shape index (κ1) is 14.9. The van der Waals surface area contributed by atoms with E-state index >= 15 is 0 Å². The van der Waals surface area contributed by atoms with Crippen LogP contribution in [0.4, 0.5) is 0 Å². The Labute approximate surface area is 105 Å². The second-order valence-electron chi connectivity index (χ2n) is 5.37. The third-order valence-electron chi connectivity index (χ3n) is 4.15. The number of nitrogens with two attached hydrogens (primary N) is 1. The van der Waals surface area contributed by atoms with Gasteiger partial charge in [-0.15, -0.1) is 0 Å². The molecule has 0 aliphatic heterocycles. The molecular formula is C13H28N2O2. The van der Waals surface area contributed by atoms with E-state index in [0.717, 1.165) is 11.8 Å². The second-order valence-corrected chi connectivity index (χ2v) is 5.37. The van der Waals surface area contributed by atoms with Gasteiger partial charge in [-0.3, -0.25) is 11.3 Å². The minimum absolute atomic E-state index is 0.279. The Morgan fingerprint density at radius 3 is 2.59 bits per heavy atom. The summed E-state index contributed by atoms with van der Waals surface area (Å²) in [5.74, 6) is 7.93. The van der Waals surface area contributed by atoms with Gasteiger partial charge in [0.15, 0.2) is 0 Å². The van der Waals surface area contributed by atoms with Crippen LogP contribution in [0.25, 0.3) is 0 Å². The highest BCUT2D eigenvalue weighted by Gasteiger charge is 2.29. The summed E-state index contributed by atoms with van der Waals surface area (Å²) in [5, 5.41) is 0. The first-order valence-electron chi connectivity index (χ1n) is 6.71. The van der Waals surface area contributed by atoms with E-state index in [1.807, 2.05) is 0 Å². The predicted octanol–water partition coefficient (Wildman–Crippen LogP) is 1.55. The number of rotatable bonds is 7. The van der Waals surface area contributed by atoms with Crippen molar-refractivity contribution in [2.75, 3.05) is 26.9 Å². The van der Waals surface area contributed by atoms with Crippen LogP contribution < -0.4 is 11.3 Å². The molecule has 1 fully saturated rings. The van der Waals surface area contributed by atoms with Gasteiger partial charge in [0, 0.05) is 13.2 Å². The van der Waals surface area contributed by atoms with Gasteiger partial charge >= 0.3 is 0 Å². The van der Waals surface area contributed by atoms with E-state index in [-0.39, 0.29) is 6.04 Å². The average molecular weight is 244 g/mol. The minimum atomic E-state index is 0.279. The molecule has 1 aliphatic carbocycles. The van der Waals surface area contributed by atoms with Crippen LogP contribution in [0.5, 0.6) is 0 Å². The maximum atomic E-state index is 5.64. The first-order valence-corrected chi connectivity index (χ1v) is 6.71. The Morgan fingerprint density at radius 1 is 1.24 bits per heavy atom. The van der Waals surface area contributed by atoms with Gasteiger partial charge in [-0.25, -0.2) is 0 Å². The highest BCUT2D eigenvalue weighted by molar-refractivity contribution is 4.82. The smallest absolute Gasteiger partial charge is 0.0701 e. The monoisotopic (exact) mass is 244 g/mol. The summed E-state index contributed by atoms with van der Waals surface area (Å²) in [7, 11) is 1.69.